The zero-order valence-corrected chi connectivity index (χ0v) is 13.7. The molecule has 0 aliphatic heterocycles. The van der Waals surface area contributed by atoms with Gasteiger partial charge in [0.05, 0.1) is 11.6 Å². The first-order chi connectivity index (χ1) is 11.7. The van der Waals surface area contributed by atoms with Crippen molar-refractivity contribution in [3.8, 4) is 17.1 Å². The Hall–Kier alpha value is -2.99. The fourth-order valence-electron chi connectivity index (χ4n) is 2.40. The molecule has 0 bridgehead atoms. The molecule has 2 aromatic carbocycles. The van der Waals surface area contributed by atoms with Crippen molar-refractivity contribution >= 4 is 22.4 Å². The van der Waals surface area contributed by atoms with E-state index >= 15 is 0 Å². The van der Waals surface area contributed by atoms with Crippen LogP contribution in [0.2, 0.25) is 0 Å². The molecule has 24 heavy (non-hydrogen) atoms. The fraction of sp³-hybridized carbons (Fsp3) is 0.0556. The molecule has 5 nitrogen and oxygen atoms in total. The first-order valence-corrected chi connectivity index (χ1v) is 8.17. The summed E-state index contributed by atoms with van der Waals surface area (Å²) in [5, 5.41) is 4.34. The Morgan fingerprint density at radius 2 is 1.83 bits per heavy atom. The minimum atomic E-state index is -0.147. The Morgan fingerprint density at radius 3 is 2.50 bits per heavy atom. The van der Waals surface area contributed by atoms with Gasteiger partial charge in [0.1, 0.15) is 5.75 Å². The third-order valence-corrected chi connectivity index (χ3v) is 4.59. The number of aromatic nitrogens is 3. The maximum absolute atomic E-state index is 12.5. The molecule has 0 atom stereocenters. The first-order valence-electron chi connectivity index (χ1n) is 7.35. The Bertz CT molecular complexity index is 1100. The van der Waals surface area contributed by atoms with Crippen LogP contribution >= 0.6 is 11.3 Å². The predicted molar refractivity (Wildman–Crippen MR) is 94.3 cm³/mol. The van der Waals surface area contributed by atoms with Gasteiger partial charge in [-0.05, 0) is 35.9 Å². The highest BCUT2D eigenvalue weighted by atomic mass is 32.1. The summed E-state index contributed by atoms with van der Waals surface area (Å²) in [7, 11) is 1.62. The van der Waals surface area contributed by atoms with E-state index in [1.807, 2.05) is 60.7 Å². The second-order valence-corrected chi connectivity index (χ2v) is 6.19. The number of hydrogen-bond donors (Lipinski definition) is 0. The SMILES string of the molecule is COc1ccc(-c2nc3sc(=Cc4ccccc4)c(=O)n3n2)cc1. The van der Waals surface area contributed by atoms with E-state index < -0.39 is 0 Å². The molecule has 118 valence electrons. The molecule has 0 radical (unpaired) electrons. The molecule has 0 aliphatic rings. The third-order valence-electron chi connectivity index (χ3n) is 3.63. The van der Waals surface area contributed by atoms with Crippen LogP contribution in [0, 0.1) is 0 Å². The Labute approximate surface area is 141 Å². The fourth-order valence-corrected chi connectivity index (χ4v) is 3.30. The van der Waals surface area contributed by atoms with Gasteiger partial charge in [-0.15, -0.1) is 5.10 Å². The molecule has 6 heteroatoms. The van der Waals surface area contributed by atoms with Gasteiger partial charge < -0.3 is 4.74 Å². The third kappa shape index (κ3) is 2.57. The molecule has 0 saturated carbocycles. The highest BCUT2D eigenvalue weighted by Gasteiger charge is 2.11. The van der Waals surface area contributed by atoms with E-state index in [0.29, 0.717) is 15.3 Å². The van der Waals surface area contributed by atoms with Gasteiger partial charge in [-0.1, -0.05) is 41.7 Å². The van der Waals surface area contributed by atoms with Crippen molar-refractivity contribution in [2.45, 2.75) is 0 Å². The van der Waals surface area contributed by atoms with Crippen LogP contribution in [-0.4, -0.2) is 21.7 Å². The Morgan fingerprint density at radius 1 is 1.08 bits per heavy atom. The molecule has 0 spiro atoms. The molecule has 4 rings (SSSR count). The van der Waals surface area contributed by atoms with E-state index in [1.54, 1.807) is 7.11 Å². The standard InChI is InChI=1S/C18H13N3O2S/c1-23-14-9-7-13(8-10-14)16-19-18-21(20-16)17(22)15(24-18)11-12-5-3-2-4-6-12/h2-11H,1H3. The van der Waals surface area contributed by atoms with Crippen molar-refractivity contribution in [2.75, 3.05) is 7.11 Å². The number of nitrogens with zero attached hydrogens (tertiary/aromatic N) is 3. The highest BCUT2D eigenvalue weighted by Crippen LogP contribution is 2.20. The molecule has 0 aliphatic carbocycles. The van der Waals surface area contributed by atoms with E-state index in [1.165, 1.54) is 15.9 Å². The summed E-state index contributed by atoms with van der Waals surface area (Å²) in [6.07, 6.45) is 1.86. The minimum absolute atomic E-state index is 0.147. The van der Waals surface area contributed by atoms with Crippen molar-refractivity contribution < 1.29 is 4.74 Å². The minimum Gasteiger partial charge on any atom is -0.497 e. The molecule has 0 fully saturated rings. The second-order valence-electron chi connectivity index (χ2n) is 5.18. The maximum Gasteiger partial charge on any atom is 0.291 e. The maximum atomic E-state index is 12.5. The number of benzene rings is 2. The van der Waals surface area contributed by atoms with E-state index in [9.17, 15) is 4.79 Å². The average Bonchev–Trinajstić information content (AvgIpc) is 3.16. The quantitative estimate of drug-likeness (QED) is 0.577. The first kappa shape index (κ1) is 14.6. The van der Waals surface area contributed by atoms with Crippen LogP contribution in [0.5, 0.6) is 5.75 Å². The van der Waals surface area contributed by atoms with Crippen LogP contribution < -0.4 is 14.8 Å². The van der Waals surface area contributed by atoms with Gasteiger partial charge in [0.2, 0.25) is 4.96 Å². The number of ether oxygens (including phenoxy) is 1. The second kappa shape index (κ2) is 5.90. The molecule has 0 unspecified atom stereocenters. The van der Waals surface area contributed by atoms with Crippen LogP contribution in [0.4, 0.5) is 0 Å². The lowest BCUT2D eigenvalue weighted by Gasteiger charge is -1.99. The molecule has 2 aromatic heterocycles. The summed E-state index contributed by atoms with van der Waals surface area (Å²) in [5.41, 5.74) is 1.68. The van der Waals surface area contributed by atoms with Crippen LogP contribution in [0.1, 0.15) is 5.56 Å². The molecule has 0 N–H and O–H groups in total. The van der Waals surface area contributed by atoms with E-state index in [2.05, 4.69) is 10.1 Å². The van der Waals surface area contributed by atoms with Crippen LogP contribution in [0.25, 0.3) is 22.4 Å². The molecule has 0 saturated heterocycles. The summed E-state index contributed by atoms with van der Waals surface area (Å²) < 4.78 is 7.13. The molecule has 0 amide bonds. The largest absolute Gasteiger partial charge is 0.497 e. The van der Waals surface area contributed by atoms with Gasteiger partial charge in [-0.3, -0.25) is 4.79 Å². The zero-order chi connectivity index (χ0) is 16.5. The van der Waals surface area contributed by atoms with Crippen molar-refractivity contribution in [1.82, 2.24) is 14.6 Å². The molecular formula is C18H13N3O2S. The van der Waals surface area contributed by atoms with E-state index in [0.717, 1.165) is 16.9 Å². The van der Waals surface area contributed by atoms with Crippen LogP contribution in [0.3, 0.4) is 0 Å². The smallest absolute Gasteiger partial charge is 0.291 e. The van der Waals surface area contributed by atoms with Crippen molar-refractivity contribution in [3.05, 3.63) is 75.0 Å². The van der Waals surface area contributed by atoms with Crippen molar-refractivity contribution in [3.63, 3.8) is 0 Å². The summed E-state index contributed by atoms with van der Waals surface area (Å²) in [6, 6.07) is 17.2. The lowest BCUT2D eigenvalue weighted by molar-refractivity contribution is 0.415. The summed E-state index contributed by atoms with van der Waals surface area (Å²) >= 11 is 1.34. The predicted octanol–water partition coefficient (Wildman–Crippen LogP) is 2.37. The van der Waals surface area contributed by atoms with E-state index in [4.69, 9.17) is 4.74 Å². The summed E-state index contributed by atoms with van der Waals surface area (Å²) in [4.78, 5) is 17.6. The van der Waals surface area contributed by atoms with Gasteiger partial charge in [-0.2, -0.15) is 9.50 Å². The molecule has 4 aromatic rings. The van der Waals surface area contributed by atoms with Crippen molar-refractivity contribution in [2.24, 2.45) is 0 Å². The Kier molecular flexibility index (Phi) is 3.59. The summed E-state index contributed by atoms with van der Waals surface area (Å²) in [5.74, 6) is 1.30. The lowest BCUT2D eigenvalue weighted by atomic mass is 10.2. The monoisotopic (exact) mass is 335 g/mol. The number of rotatable bonds is 3. The highest BCUT2D eigenvalue weighted by molar-refractivity contribution is 7.15. The topological polar surface area (TPSA) is 56.5 Å². The number of hydrogen-bond acceptors (Lipinski definition) is 5. The van der Waals surface area contributed by atoms with Gasteiger partial charge in [0, 0.05) is 5.56 Å². The average molecular weight is 335 g/mol. The Balaban J connectivity index is 1.78. The zero-order valence-electron chi connectivity index (χ0n) is 12.8. The van der Waals surface area contributed by atoms with Gasteiger partial charge in [0.15, 0.2) is 5.82 Å². The number of methoxy groups -OCH3 is 1. The number of fused-ring (bicyclic) bond motifs is 1. The molecular weight excluding hydrogens is 322 g/mol. The van der Waals surface area contributed by atoms with Crippen LogP contribution in [-0.2, 0) is 0 Å². The van der Waals surface area contributed by atoms with Gasteiger partial charge in [-0.25, -0.2) is 0 Å². The van der Waals surface area contributed by atoms with E-state index in [-0.39, 0.29) is 5.56 Å². The molecule has 2 heterocycles. The van der Waals surface area contributed by atoms with Gasteiger partial charge in [0.25, 0.3) is 5.56 Å². The normalized spacial score (nSPS) is 12.0. The van der Waals surface area contributed by atoms with Crippen molar-refractivity contribution in [1.29, 1.82) is 0 Å². The lowest BCUT2D eigenvalue weighted by Crippen LogP contribution is -2.23. The summed E-state index contributed by atoms with van der Waals surface area (Å²) in [6.45, 7) is 0. The van der Waals surface area contributed by atoms with Crippen LogP contribution in [0.15, 0.2) is 59.4 Å². The van der Waals surface area contributed by atoms with Gasteiger partial charge >= 0.3 is 0 Å². The number of thiazole rings is 1.